The predicted molar refractivity (Wildman–Crippen MR) is 90.6 cm³/mol. The van der Waals surface area contributed by atoms with Gasteiger partial charge in [-0.15, -0.1) is 0 Å². The van der Waals surface area contributed by atoms with Crippen LogP contribution in [0.3, 0.4) is 0 Å². The second-order valence-corrected chi connectivity index (χ2v) is 7.16. The van der Waals surface area contributed by atoms with Crippen molar-refractivity contribution in [2.45, 2.75) is 52.1 Å². The van der Waals surface area contributed by atoms with Crippen LogP contribution in [0, 0.1) is 5.41 Å². The minimum absolute atomic E-state index is 0.00257. The number of rotatable bonds is 6. The fourth-order valence-electron chi connectivity index (χ4n) is 3.18. The van der Waals surface area contributed by atoms with Gasteiger partial charge in [-0.05, 0) is 30.9 Å². The highest BCUT2D eigenvalue weighted by atomic mass is 16.4. The molecule has 2 rings (SSSR count). The zero-order valence-corrected chi connectivity index (χ0v) is 14.3. The average Bonchev–Trinajstić information content (AvgIpc) is 2.72. The van der Waals surface area contributed by atoms with Crippen molar-refractivity contribution < 1.29 is 19.5 Å². The number of aliphatic carboxylic acids is 1. The molecule has 1 aliphatic heterocycles. The molecule has 130 valence electrons. The van der Waals surface area contributed by atoms with Gasteiger partial charge in [-0.25, -0.2) is 0 Å². The summed E-state index contributed by atoms with van der Waals surface area (Å²) in [5, 5.41) is 11.7. The number of anilines is 1. The second-order valence-electron chi connectivity index (χ2n) is 7.16. The standard InChI is InChI=1S/C18H24N2O4/c1-12-9-14(17(24)20(12)13-7-5-4-6-8-13)19-15(21)10-18(2,3)11-16(22)23/h4-8,12,14H,9-11H2,1-3H3,(H,19,21)(H,22,23)/t12-,14-/m1/s1. The van der Waals surface area contributed by atoms with E-state index in [2.05, 4.69) is 5.32 Å². The number of hydrogen-bond acceptors (Lipinski definition) is 3. The van der Waals surface area contributed by atoms with Gasteiger partial charge in [0, 0.05) is 18.2 Å². The molecule has 1 aliphatic rings. The van der Waals surface area contributed by atoms with Crippen LogP contribution in [0.2, 0.25) is 0 Å². The lowest BCUT2D eigenvalue weighted by atomic mass is 9.85. The number of amides is 2. The Bertz CT molecular complexity index is 627. The molecule has 0 saturated carbocycles. The molecule has 2 atom stereocenters. The van der Waals surface area contributed by atoms with E-state index in [4.69, 9.17) is 5.11 Å². The maximum Gasteiger partial charge on any atom is 0.303 e. The summed E-state index contributed by atoms with van der Waals surface area (Å²) in [5.74, 6) is -1.35. The smallest absolute Gasteiger partial charge is 0.303 e. The van der Waals surface area contributed by atoms with Gasteiger partial charge in [-0.3, -0.25) is 14.4 Å². The van der Waals surface area contributed by atoms with Crippen molar-refractivity contribution in [3.63, 3.8) is 0 Å². The molecule has 1 saturated heterocycles. The van der Waals surface area contributed by atoms with Crippen molar-refractivity contribution in [3.8, 4) is 0 Å². The number of carbonyl (C=O) groups is 3. The Morgan fingerprint density at radius 2 is 1.88 bits per heavy atom. The minimum Gasteiger partial charge on any atom is -0.481 e. The molecule has 0 radical (unpaired) electrons. The van der Waals surface area contributed by atoms with Crippen molar-refractivity contribution in [1.29, 1.82) is 0 Å². The maximum atomic E-state index is 12.6. The number of nitrogens with one attached hydrogen (secondary N) is 1. The third kappa shape index (κ3) is 4.34. The molecule has 0 unspecified atom stereocenters. The zero-order valence-electron chi connectivity index (χ0n) is 14.3. The molecule has 0 aliphatic carbocycles. The first-order valence-corrected chi connectivity index (χ1v) is 8.09. The third-order valence-corrected chi connectivity index (χ3v) is 4.19. The first kappa shape index (κ1) is 18.0. The fraction of sp³-hybridized carbons (Fsp3) is 0.500. The zero-order chi connectivity index (χ0) is 17.9. The molecule has 6 nitrogen and oxygen atoms in total. The molecule has 1 heterocycles. The highest BCUT2D eigenvalue weighted by Crippen LogP contribution is 2.28. The number of nitrogens with zero attached hydrogens (tertiary/aromatic N) is 1. The maximum absolute atomic E-state index is 12.6. The van der Waals surface area contributed by atoms with E-state index in [1.165, 1.54) is 0 Å². The van der Waals surface area contributed by atoms with Crippen LogP contribution in [-0.2, 0) is 14.4 Å². The molecule has 1 fully saturated rings. The van der Waals surface area contributed by atoms with Crippen molar-refractivity contribution in [3.05, 3.63) is 30.3 Å². The molecular formula is C18H24N2O4. The minimum atomic E-state index is -0.936. The third-order valence-electron chi connectivity index (χ3n) is 4.19. The Morgan fingerprint density at radius 1 is 1.25 bits per heavy atom. The van der Waals surface area contributed by atoms with E-state index in [0.717, 1.165) is 5.69 Å². The SMILES string of the molecule is C[C@@H]1C[C@@H](NC(=O)CC(C)(C)CC(=O)O)C(=O)N1c1ccccc1. The van der Waals surface area contributed by atoms with Gasteiger partial charge in [-0.1, -0.05) is 32.0 Å². The highest BCUT2D eigenvalue weighted by molar-refractivity contribution is 6.02. The van der Waals surface area contributed by atoms with Gasteiger partial charge in [0.15, 0.2) is 0 Å². The van der Waals surface area contributed by atoms with Crippen molar-refractivity contribution in [2.75, 3.05) is 4.90 Å². The largest absolute Gasteiger partial charge is 0.481 e. The number of benzene rings is 1. The first-order chi connectivity index (χ1) is 11.2. The summed E-state index contributed by atoms with van der Waals surface area (Å²) in [6, 6.07) is 8.80. The molecule has 2 N–H and O–H groups in total. The molecule has 6 heteroatoms. The summed E-state index contributed by atoms with van der Waals surface area (Å²) >= 11 is 0. The van der Waals surface area contributed by atoms with Crippen LogP contribution in [0.4, 0.5) is 5.69 Å². The molecule has 24 heavy (non-hydrogen) atoms. The van der Waals surface area contributed by atoms with Crippen molar-refractivity contribution in [1.82, 2.24) is 5.32 Å². The van der Waals surface area contributed by atoms with E-state index in [1.54, 1.807) is 18.7 Å². The Morgan fingerprint density at radius 3 is 2.46 bits per heavy atom. The summed E-state index contributed by atoms with van der Waals surface area (Å²) in [6.45, 7) is 5.41. The van der Waals surface area contributed by atoms with E-state index in [-0.39, 0.29) is 30.7 Å². The van der Waals surface area contributed by atoms with Crippen LogP contribution in [0.5, 0.6) is 0 Å². The van der Waals surface area contributed by atoms with Crippen LogP contribution >= 0.6 is 0 Å². The number of carbonyl (C=O) groups excluding carboxylic acids is 2. The van der Waals surface area contributed by atoms with E-state index in [0.29, 0.717) is 6.42 Å². The van der Waals surface area contributed by atoms with E-state index in [9.17, 15) is 14.4 Å². The molecule has 1 aromatic carbocycles. The number of para-hydroxylation sites is 1. The monoisotopic (exact) mass is 332 g/mol. The van der Waals surface area contributed by atoms with Gasteiger partial charge in [0.1, 0.15) is 6.04 Å². The number of hydrogen-bond donors (Lipinski definition) is 2. The first-order valence-electron chi connectivity index (χ1n) is 8.09. The number of carboxylic acid groups (broad SMARTS) is 1. The predicted octanol–water partition coefficient (Wildman–Crippen LogP) is 2.19. The molecule has 2 amide bonds. The lowest BCUT2D eigenvalue weighted by Gasteiger charge is -2.23. The van der Waals surface area contributed by atoms with Crippen LogP contribution in [0.15, 0.2) is 30.3 Å². The van der Waals surface area contributed by atoms with Crippen LogP contribution in [-0.4, -0.2) is 35.0 Å². The normalized spacial score (nSPS) is 21.0. The lowest BCUT2D eigenvalue weighted by molar-refractivity contribution is -0.140. The average molecular weight is 332 g/mol. The topological polar surface area (TPSA) is 86.7 Å². The van der Waals surface area contributed by atoms with Crippen molar-refractivity contribution >= 4 is 23.5 Å². The Kier molecular flexibility index (Phi) is 5.26. The van der Waals surface area contributed by atoms with E-state index >= 15 is 0 Å². The molecule has 1 aromatic rings. The summed E-state index contributed by atoms with van der Waals surface area (Å²) in [4.78, 5) is 37.4. The molecule has 0 bridgehead atoms. The Labute approximate surface area is 141 Å². The summed E-state index contributed by atoms with van der Waals surface area (Å²) in [5.41, 5.74) is 0.167. The van der Waals surface area contributed by atoms with Crippen LogP contribution in [0.25, 0.3) is 0 Å². The van der Waals surface area contributed by atoms with E-state index < -0.39 is 17.4 Å². The fourth-order valence-corrected chi connectivity index (χ4v) is 3.18. The lowest BCUT2D eigenvalue weighted by Crippen LogP contribution is -2.43. The van der Waals surface area contributed by atoms with Gasteiger partial charge in [0.2, 0.25) is 11.8 Å². The molecule has 0 aromatic heterocycles. The van der Waals surface area contributed by atoms with E-state index in [1.807, 2.05) is 37.3 Å². The molecular weight excluding hydrogens is 308 g/mol. The number of carboxylic acids is 1. The van der Waals surface area contributed by atoms with Gasteiger partial charge in [-0.2, -0.15) is 0 Å². The highest BCUT2D eigenvalue weighted by Gasteiger charge is 2.39. The van der Waals surface area contributed by atoms with Gasteiger partial charge in [0.25, 0.3) is 0 Å². The Balaban J connectivity index is 2.00. The van der Waals surface area contributed by atoms with Crippen molar-refractivity contribution in [2.24, 2.45) is 5.41 Å². The Hall–Kier alpha value is -2.37. The van der Waals surface area contributed by atoms with Crippen LogP contribution in [0.1, 0.15) is 40.0 Å². The summed E-state index contributed by atoms with van der Waals surface area (Å²) in [7, 11) is 0. The van der Waals surface area contributed by atoms with Gasteiger partial charge < -0.3 is 15.3 Å². The summed E-state index contributed by atoms with van der Waals surface area (Å²) in [6.07, 6.45) is 0.521. The van der Waals surface area contributed by atoms with Gasteiger partial charge in [0.05, 0.1) is 6.42 Å². The summed E-state index contributed by atoms with van der Waals surface area (Å²) < 4.78 is 0. The molecule has 0 spiro atoms. The quantitative estimate of drug-likeness (QED) is 0.836. The van der Waals surface area contributed by atoms with Gasteiger partial charge >= 0.3 is 5.97 Å². The van der Waals surface area contributed by atoms with Crippen LogP contribution < -0.4 is 10.2 Å². The second kappa shape index (κ2) is 7.03.